The van der Waals surface area contributed by atoms with E-state index in [-0.39, 0.29) is 97.1 Å². The Balaban J connectivity index is 0.000000225. The molecule has 0 fully saturated rings. The van der Waals surface area contributed by atoms with Crippen LogP contribution in [0, 0.1) is 20.8 Å². The molecule has 88 heavy (non-hydrogen) atoms. The fourth-order valence-electron chi connectivity index (χ4n) is 6.59. The van der Waals surface area contributed by atoms with Gasteiger partial charge < -0.3 is 61.2 Å². The molecule has 0 radical (unpaired) electrons. The molecule has 21 nitrogen and oxygen atoms in total. The average molecular weight is 1760 g/mol. The van der Waals surface area contributed by atoms with E-state index in [9.17, 15) is 39.5 Å². The molecule has 0 unspecified atom stereocenters. The molecule has 0 atom stereocenters. The van der Waals surface area contributed by atoms with Crippen molar-refractivity contribution >= 4 is 0 Å². The maximum Gasteiger partial charge on any atom is 2.00 e. The van der Waals surface area contributed by atoms with E-state index in [1.807, 2.05) is 87.6 Å². The van der Waals surface area contributed by atoms with Gasteiger partial charge >= 0.3 is 81.7 Å². The molecule has 0 amide bonds. The van der Waals surface area contributed by atoms with Gasteiger partial charge in [0.2, 0.25) is 0 Å². The number of nitrogens with zero attached hydrogens (tertiary/aromatic N) is 21. The second-order valence-electron chi connectivity index (χ2n) is 18.3. The Morgan fingerprint density at radius 1 is 0.318 bits per heavy atom. The molecule has 0 N–H and O–H groups in total. The molecule has 12 heterocycles. The SMILES string of the molecule is Cc1cc(-c2cc(C(C)(C)C)ccn2)[n-]n1.Cc1cc(-c2ccccn2)[n-]n1.Cc1cc(-c2ccccn2)[n-]n1.FC(F)(F)c1cc(-c2ccncn2)[n-]n1.FC(F)(F)c1cc(-c2cnccn2)[n-]n1.FC(F)(F)c1cc(-c2cnccn2)[n-]n1.[Pt+2].[Pt+2].[Pt+2]. The fraction of sp³-hybridized carbons (Fsp3) is 0.182. The molecule has 0 aromatic carbocycles. The van der Waals surface area contributed by atoms with Crippen LogP contribution in [0.2, 0.25) is 0 Å². The zero-order chi connectivity index (χ0) is 61.2. The number of hydrogen-bond acceptors (Lipinski definition) is 15. The summed E-state index contributed by atoms with van der Waals surface area (Å²) in [7, 11) is 0. The van der Waals surface area contributed by atoms with Gasteiger partial charge in [-0.05, 0) is 92.4 Å². The molecule has 12 aromatic rings. The molecule has 0 aliphatic rings. The van der Waals surface area contributed by atoms with Gasteiger partial charge in [0.1, 0.15) is 23.4 Å². The first-order valence-corrected chi connectivity index (χ1v) is 24.6. The molecule has 0 aliphatic heterocycles. The van der Waals surface area contributed by atoms with E-state index in [2.05, 4.69) is 133 Å². The third-order valence-corrected chi connectivity index (χ3v) is 10.7. The molecule has 0 bridgehead atoms. The summed E-state index contributed by atoms with van der Waals surface area (Å²) in [5.74, 6) is 0. The quantitative estimate of drug-likeness (QED) is 0.140. The molecule has 462 valence electrons. The van der Waals surface area contributed by atoms with Gasteiger partial charge in [0.25, 0.3) is 0 Å². The van der Waals surface area contributed by atoms with Crippen molar-refractivity contribution in [2.24, 2.45) is 0 Å². The van der Waals surface area contributed by atoms with Crippen molar-refractivity contribution in [2.45, 2.75) is 65.5 Å². The maximum atomic E-state index is 12.2. The van der Waals surface area contributed by atoms with E-state index in [0.717, 1.165) is 69.4 Å². The number of aryl methyl sites for hydroxylation is 3. The van der Waals surface area contributed by atoms with E-state index in [0.29, 0.717) is 5.69 Å². The summed E-state index contributed by atoms with van der Waals surface area (Å²) in [6, 6.07) is 25.4. The van der Waals surface area contributed by atoms with Crippen molar-refractivity contribution in [1.29, 1.82) is 0 Å². The van der Waals surface area contributed by atoms with Crippen LogP contribution in [0.1, 0.15) is 60.5 Å². The third-order valence-electron chi connectivity index (χ3n) is 10.7. The normalized spacial score (nSPS) is 10.9. The molecule has 12 aromatic heterocycles. The zero-order valence-electron chi connectivity index (χ0n) is 46.3. The summed E-state index contributed by atoms with van der Waals surface area (Å²) < 4.78 is 110. The Labute approximate surface area is 538 Å². The number of halogens is 9. The van der Waals surface area contributed by atoms with Crippen molar-refractivity contribution < 1.29 is 103 Å². The van der Waals surface area contributed by atoms with Gasteiger partial charge in [-0.3, -0.25) is 34.9 Å². The molecule has 0 saturated heterocycles. The smallest absolute Gasteiger partial charge is 0.574 e. The maximum absolute atomic E-state index is 12.2. The van der Waals surface area contributed by atoms with E-state index in [1.165, 1.54) is 61.3 Å². The third kappa shape index (κ3) is 22.0. The van der Waals surface area contributed by atoms with E-state index < -0.39 is 35.6 Å². The minimum atomic E-state index is -4.48. The summed E-state index contributed by atoms with van der Waals surface area (Å²) in [4.78, 5) is 35.1. The Bertz CT molecular complexity index is 3620. The van der Waals surface area contributed by atoms with Crippen molar-refractivity contribution in [3.8, 4) is 68.3 Å². The van der Waals surface area contributed by atoms with Gasteiger partial charge in [-0.2, -0.15) is 39.5 Å². The van der Waals surface area contributed by atoms with Gasteiger partial charge in [0.15, 0.2) is 0 Å². The van der Waals surface area contributed by atoms with Crippen LogP contribution in [0.15, 0.2) is 159 Å². The fourth-order valence-corrected chi connectivity index (χ4v) is 6.59. The first-order chi connectivity index (χ1) is 40.4. The predicted molar refractivity (Wildman–Crippen MR) is 286 cm³/mol. The van der Waals surface area contributed by atoms with Crippen LogP contribution in [0.4, 0.5) is 39.5 Å². The summed E-state index contributed by atoms with van der Waals surface area (Å²) in [6.45, 7) is 12.3. The minimum absolute atomic E-state index is 0. The summed E-state index contributed by atoms with van der Waals surface area (Å²) in [5.41, 5.74) is 7.34. The molecular weight excluding hydrogens is 1710 g/mol. The number of alkyl halides is 9. The Morgan fingerprint density at radius 3 is 0.977 bits per heavy atom. The van der Waals surface area contributed by atoms with Crippen LogP contribution in [0.25, 0.3) is 68.3 Å². The van der Waals surface area contributed by atoms with Crippen LogP contribution < -0.4 is 30.6 Å². The number of aromatic nitrogens is 21. The second kappa shape index (κ2) is 32.9. The van der Waals surface area contributed by atoms with Gasteiger partial charge in [-0.15, -0.1) is 0 Å². The largest absolute Gasteiger partial charge is 2.00 e. The van der Waals surface area contributed by atoms with Crippen LogP contribution in [-0.2, 0) is 87.1 Å². The zero-order valence-corrected chi connectivity index (χ0v) is 53.1. The summed E-state index contributed by atoms with van der Waals surface area (Å²) >= 11 is 0. The number of pyridine rings is 3. The first kappa shape index (κ1) is 71.9. The van der Waals surface area contributed by atoms with E-state index in [1.54, 1.807) is 12.4 Å². The Hall–Kier alpha value is -8.62. The van der Waals surface area contributed by atoms with Gasteiger partial charge in [0.05, 0.1) is 29.5 Å². The minimum Gasteiger partial charge on any atom is -0.574 e. The monoisotopic (exact) mass is 1750 g/mol. The summed E-state index contributed by atoms with van der Waals surface area (Å²) in [6.07, 6.45) is 2.79. The molecule has 0 saturated carbocycles. The predicted octanol–water partition coefficient (Wildman–Crippen LogP) is 10.1. The van der Waals surface area contributed by atoms with Crippen molar-refractivity contribution in [2.75, 3.05) is 0 Å². The topological polar surface area (TPSA) is 278 Å². The van der Waals surface area contributed by atoms with Crippen molar-refractivity contribution in [3.63, 3.8) is 0 Å². The Morgan fingerprint density at radius 2 is 0.670 bits per heavy atom. The molecule has 0 spiro atoms. The van der Waals surface area contributed by atoms with Crippen LogP contribution >= 0.6 is 0 Å². The number of hydrogen-bond donors (Lipinski definition) is 0. The van der Waals surface area contributed by atoms with Gasteiger partial charge in [0, 0.05) is 83.7 Å². The average Bonchev–Trinajstić information content (AvgIpc) is 3.43. The molecule has 12 rings (SSSR count). The van der Waals surface area contributed by atoms with Crippen LogP contribution in [-0.4, -0.2) is 75.4 Å². The van der Waals surface area contributed by atoms with Crippen LogP contribution in [0.5, 0.6) is 0 Å². The second-order valence-corrected chi connectivity index (χ2v) is 18.3. The van der Waals surface area contributed by atoms with E-state index >= 15 is 0 Å². The van der Waals surface area contributed by atoms with Gasteiger partial charge in [-0.1, -0.05) is 85.3 Å². The molecule has 0 aliphatic carbocycles. The van der Waals surface area contributed by atoms with E-state index in [4.69, 9.17) is 0 Å². The first-order valence-electron chi connectivity index (χ1n) is 24.6. The molecule has 33 heteroatoms. The number of rotatable bonds is 6. The Kier molecular flexibility index (Phi) is 26.9. The standard InChI is InChI=1S/C13H16N3.2C9H8N3.3C8H4F3N4.3Pt/c1-9-7-12(16-15-9)11-8-10(5-6-14-11)13(2,3)4;2*1-7-6-9(12-11-7)8-4-2-3-5-10-8;2*9-8(10,11)7-3-5(14-15-7)6-4-12-1-2-13-6;9-8(10,11)7-3-6(14-15-7)5-1-2-12-4-13-5;;;/h5-8H,1-4H3;2*2-6H,1H3;3*1-4H;;;/q6*-1;3*+2. The molecular formula is C55H44F9N21Pt3. The van der Waals surface area contributed by atoms with Crippen molar-refractivity contribution in [1.82, 2.24) is 106 Å². The van der Waals surface area contributed by atoms with Crippen LogP contribution in [0.3, 0.4) is 0 Å². The van der Waals surface area contributed by atoms with Gasteiger partial charge in [-0.25, -0.2) is 9.97 Å². The van der Waals surface area contributed by atoms with Crippen molar-refractivity contribution in [3.05, 3.63) is 199 Å². The summed E-state index contributed by atoms with van der Waals surface area (Å²) in [5, 5.41) is 43.1.